The summed E-state index contributed by atoms with van der Waals surface area (Å²) in [6, 6.07) is 4.62. The molecule has 172 valence electrons. The molecule has 0 fully saturated rings. The summed E-state index contributed by atoms with van der Waals surface area (Å²) in [4.78, 5) is 46.0. The van der Waals surface area contributed by atoms with Crippen LogP contribution in [0, 0.1) is 19.3 Å². The van der Waals surface area contributed by atoms with E-state index >= 15 is 0 Å². The molecule has 1 aliphatic carbocycles. The Morgan fingerprint density at radius 3 is 2.94 bits per heavy atom. The molecule has 0 saturated carbocycles. The molecule has 4 rings (SSSR count). The van der Waals surface area contributed by atoms with Crippen LogP contribution in [0.4, 0.5) is 0 Å². The van der Waals surface area contributed by atoms with E-state index in [1.165, 1.54) is 23.0 Å². The minimum atomic E-state index is -0.518. The summed E-state index contributed by atoms with van der Waals surface area (Å²) in [6.07, 6.45) is 9.32. The van der Waals surface area contributed by atoms with Gasteiger partial charge in [0, 0.05) is 6.07 Å². The van der Waals surface area contributed by atoms with Gasteiger partial charge in [-0.2, -0.15) is 14.6 Å². The van der Waals surface area contributed by atoms with Crippen molar-refractivity contribution >= 4 is 23.6 Å². The molecule has 0 saturated heterocycles. The lowest BCUT2D eigenvalue weighted by Gasteiger charge is -2.16. The fourth-order valence-corrected chi connectivity index (χ4v) is 4.01. The monoisotopic (exact) mass is 458 g/mol. The largest absolute Gasteiger partial charge is 0.458 e. The fourth-order valence-electron chi connectivity index (χ4n) is 4.01. The van der Waals surface area contributed by atoms with E-state index in [9.17, 15) is 14.4 Å². The van der Waals surface area contributed by atoms with Crippen LogP contribution in [0.15, 0.2) is 37.2 Å². The van der Waals surface area contributed by atoms with Gasteiger partial charge in [-0.3, -0.25) is 9.59 Å². The number of nitrogens with zero attached hydrogens (tertiary/aromatic N) is 4. The van der Waals surface area contributed by atoms with Crippen LogP contribution >= 0.6 is 0 Å². The molecule has 0 spiro atoms. The highest BCUT2D eigenvalue weighted by Gasteiger charge is 2.29. The van der Waals surface area contributed by atoms with Crippen LogP contribution < -0.4 is 10.6 Å². The quantitative estimate of drug-likeness (QED) is 0.312. The van der Waals surface area contributed by atoms with Gasteiger partial charge < -0.3 is 15.4 Å². The number of carbonyl (C=O) groups is 3. The summed E-state index contributed by atoms with van der Waals surface area (Å²) in [7, 11) is 0. The van der Waals surface area contributed by atoms with Crippen molar-refractivity contribution in [1.29, 1.82) is 0 Å². The Kier molecular flexibility index (Phi) is 6.36. The molecule has 2 heterocycles. The highest BCUT2D eigenvalue weighted by molar-refractivity contribution is 5.98. The molecule has 2 amide bonds. The zero-order valence-electron chi connectivity index (χ0n) is 18.5. The number of benzene rings is 1. The van der Waals surface area contributed by atoms with Crippen LogP contribution in [-0.4, -0.2) is 50.5 Å². The Labute approximate surface area is 195 Å². The molecule has 1 atom stereocenters. The lowest BCUT2D eigenvalue weighted by Crippen LogP contribution is -2.31. The van der Waals surface area contributed by atoms with E-state index in [0.29, 0.717) is 18.4 Å². The maximum atomic E-state index is 13.2. The van der Waals surface area contributed by atoms with Gasteiger partial charge in [0.1, 0.15) is 24.3 Å². The van der Waals surface area contributed by atoms with Crippen molar-refractivity contribution in [2.24, 2.45) is 0 Å². The maximum absolute atomic E-state index is 13.2. The molecule has 2 N–H and O–H groups in total. The summed E-state index contributed by atoms with van der Waals surface area (Å²) in [5.74, 6) is 1.07. The molecule has 0 aliphatic heterocycles. The minimum Gasteiger partial charge on any atom is -0.458 e. The van der Waals surface area contributed by atoms with Gasteiger partial charge in [-0.1, -0.05) is 24.6 Å². The van der Waals surface area contributed by atoms with Crippen LogP contribution in [0.2, 0.25) is 0 Å². The van der Waals surface area contributed by atoms with Gasteiger partial charge in [0.15, 0.2) is 0 Å². The third kappa shape index (κ3) is 4.23. The van der Waals surface area contributed by atoms with E-state index in [1.54, 1.807) is 6.07 Å². The fraction of sp³-hybridized carbons (Fsp3) is 0.250. The molecule has 2 aromatic heterocycles. The van der Waals surface area contributed by atoms with Crippen molar-refractivity contribution in [2.75, 3.05) is 13.2 Å². The highest BCUT2D eigenvalue weighted by atomic mass is 16.5. The number of rotatable bonds is 7. The number of fused-ring (bicyclic) bond motifs is 2. The molecule has 34 heavy (non-hydrogen) atoms. The molecule has 1 aromatic carbocycles. The molecular weight excluding hydrogens is 436 g/mol. The number of terminal acetylenes is 1. The number of nitrogens with one attached hydrogen (secondary N) is 2. The van der Waals surface area contributed by atoms with Gasteiger partial charge in [-0.05, 0) is 42.5 Å². The van der Waals surface area contributed by atoms with E-state index in [2.05, 4.69) is 38.2 Å². The second kappa shape index (κ2) is 9.54. The smallest absolute Gasteiger partial charge is 0.338 e. The summed E-state index contributed by atoms with van der Waals surface area (Å²) < 4.78 is 6.43. The third-order valence-corrected chi connectivity index (χ3v) is 5.62. The predicted octanol–water partition coefficient (Wildman–Crippen LogP) is 1.56. The first-order valence-corrected chi connectivity index (χ1v) is 10.6. The summed E-state index contributed by atoms with van der Waals surface area (Å²) in [5.41, 5.74) is 3.39. The van der Waals surface area contributed by atoms with Crippen molar-refractivity contribution in [3.63, 3.8) is 0 Å². The predicted molar refractivity (Wildman–Crippen MR) is 122 cm³/mol. The Morgan fingerprint density at radius 1 is 1.35 bits per heavy atom. The number of hydrogen-bond acceptors (Lipinski definition) is 7. The van der Waals surface area contributed by atoms with E-state index < -0.39 is 17.8 Å². The van der Waals surface area contributed by atoms with E-state index in [1.807, 2.05) is 13.0 Å². The van der Waals surface area contributed by atoms with Crippen LogP contribution in [0.25, 0.3) is 5.78 Å². The number of amides is 2. The van der Waals surface area contributed by atoms with E-state index in [-0.39, 0.29) is 36.4 Å². The lowest BCUT2D eigenvalue weighted by atomic mass is 9.98. The molecule has 10 heteroatoms. The zero-order chi connectivity index (χ0) is 24.2. The van der Waals surface area contributed by atoms with Crippen LogP contribution in [0.1, 0.15) is 60.5 Å². The SMILES string of the molecule is C#CCNC(=O)c1cc(C(=O)N[C@H]2CCc3c2ccc(C(=O)OCC=C)c3C)n2ncnc2n1. The van der Waals surface area contributed by atoms with Crippen molar-refractivity contribution < 1.29 is 19.1 Å². The molecule has 10 nitrogen and oxygen atoms in total. The summed E-state index contributed by atoms with van der Waals surface area (Å²) >= 11 is 0. The Morgan fingerprint density at radius 2 is 2.18 bits per heavy atom. The topological polar surface area (TPSA) is 128 Å². The first-order chi connectivity index (χ1) is 16.4. The normalized spacial score (nSPS) is 14.2. The summed E-state index contributed by atoms with van der Waals surface area (Å²) in [5, 5.41) is 9.58. The highest BCUT2D eigenvalue weighted by Crippen LogP contribution is 2.35. The van der Waals surface area contributed by atoms with Gasteiger partial charge in [-0.25, -0.2) is 9.78 Å². The minimum absolute atomic E-state index is 0.00578. The zero-order valence-corrected chi connectivity index (χ0v) is 18.5. The van der Waals surface area contributed by atoms with E-state index in [4.69, 9.17) is 11.2 Å². The lowest BCUT2D eigenvalue weighted by molar-refractivity contribution is 0.0548. The molecule has 1 aliphatic rings. The van der Waals surface area contributed by atoms with Gasteiger partial charge in [0.05, 0.1) is 18.2 Å². The van der Waals surface area contributed by atoms with Gasteiger partial charge in [-0.15, -0.1) is 6.42 Å². The Bertz CT molecular complexity index is 1350. The third-order valence-electron chi connectivity index (χ3n) is 5.62. The van der Waals surface area contributed by atoms with Crippen molar-refractivity contribution in [3.8, 4) is 12.3 Å². The number of hydrogen-bond donors (Lipinski definition) is 2. The number of ether oxygens (including phenoxy) is 1. The first kappa shape index (κ1) is 22.7. The standard InChI is InChI=1S/C24H22N6O4/c1-4-10-25-21(31)19-12-20(30-24(29-19)26-13-27-30)22(32)28-18-9-8-15-14(3)16(6-7-17(15)18)23(33)34-11-5-2/h1,5-7,12-13,18H,2,8-11H2,3H3,(H,25,31)(H,28,32)/t18-/m0/s1. The second-order valence-corrected chi connectivity index (χ2v) is 7.64. The average molecular weight is 458 g/mol. The number of aromatic nitrogens is 4. The second-order valence-electron chi connectivity index (χ2n) is 7.64. The maximum Gasteiger partial charge on any atom is 0.338 e. The van der Waals surface area contributed by atoms with Crippen LogP contribution in [-0.2, 0) is 11.2 Å². The van der Waals surface area contributed by atoms with Crippen LogP contribution in [0.5, 0.6) is 0 Å². The molecule has 0 bridgehead atoms. The van der Waals surface area contributed by atoms with E-state index in [0.717, 1.165) is 16.7 Å². The summed E-state index contributed by atoms with van der Waals surface area (Å²) in [6.45, 7) is 5.59. The molecular formula is C24H22N6O4. The van der Waals surface area contributed by atoms with Crippen molar-refractivity contribution in [1.82, 2.24) is 30.2 Å². The first-order valence-electron chi connectivity index (χ1n) is 10.6. The number of esters is 1. The molecule has 0 unspecified atom stereocenters. The van der Waals surface area contributed by atoms with Crippen molar-refractivity contribution in [3.05, 3.63) is 70.8 Å². The Balaban J connectivity index is 1.59. The molecule has 3 aromatic rings. The van der Waals surface area contributed by atoms with Gasteiger partial charge >= 0.3 is 5.97 Å². The molecule has 0 radical (unpaired) electrons. The van der Waals surface area contributed by atoms with Crippen LogP contribution in [0.3, 0.4) is 0 Å². The van der Waals surface area contributed by atoms with Gasteiger partial charge in [0.25, 0.3) is 17.6 Å². The van der Waals surface area contributed by atoms with Gasteiger partial charge in [0.2, 0.25) is 0 Å². The van der Waals surface area contributed by atoms with Crippen molar-refractivity contribution in [2.45, 2.75) is 25.8 Å². The Hall–Kier alpha value is -4.52. The average Bonchev–Trinajstić information content (AvgIpc) is 3.48. The number of carbonyl (C=O) groups excluding carboxylic acids is 3.